The minimum atomic E-state index is -0.250. The number of nitrogens with zero attached hydrogens (tertiary/aromatic N) is 2. The van der Waals surface area contributed by atoms with Crippen LogP contribution in [0.15, 0.2) is 18.5 Å². The van der Waals surface area contributed by atoms with Gasteiger partial charge in [0.1, 0.15) is 5.82 Å². The lowest BCUT2D eigenvalue weighted by molar-refractivity contribution is 0.0562. The Morgan fingerprint density at radius 1 is 1.29 bits per heavy atom. The van der Waals surface area contributed by atoms with E-state index in [0.29, 0.717) is 0 Å². The normalized spacial score (nSPS) is 19.7. The number of rotatable bonds is 6. The molecule has 1 fully saturated rings. The van der Waals surface area contributed by atoms with Gasteiger partial charge in [0.25, 0.3) is 0 Å². The van der Waals surface area contributed by atoms with Crippen LogP contribution in [0.4, 0.5) is 4.39 Å². The van der Waals surface area contributed by atoms with Gasteiger partial charge in [0.05, 0.1) is 12.2 Å². The van der Waals surface area contributed by atoms with E-state index in [-0.39, 0.29) is 17.4 Å². The Balaban J connectivity index is 2.36. The fourth-order valence-electron chi connectivity index (χ4n) is 3.65. The lowest BCUT2D eigenvalue weighted by Gasteiger charge is -2.49. The molecule has 1 unspecified atom stereocenters. The molecule has 0 aliphatic heterocycles. The minimum absolute atomic E-state index is 0.0584. The number of likely N-dealkylation sites (N-methyl/N-ethyl adjacent to an activating group) is 1. The molecule has 1 aliphatic carbocycles. The van der Waals surface area contributed by atoms with Crippen molar-refractivity contribution in [3.05, 3.63) is 29.8 Å². The smallest absolute Gasteiger partial charge is 0.141 e. The van der Waals surface area contributed by atoms with E-state index in [9.17, 15) is 4.39 Å². The minimum Gasteiger partial charge on any atom is -0.308 e. The van der Waals surface area contributed by atoms with Crippen molar-refractivity contribution in [1.29, 1.82) is 0 Å². The maximum Gasteiger partial charge on any atom is 0.141 e. The van der Waals surface area contributed by atoms with Crippen LogP contribution in [0.5, 0.6) is 0 Å². The monoisotopic (exact) mass is 293 g/mol. The molecule has 1 N–H and O–H groups in total. The molecule has 4 heteroatoms. The number of halogens is 1. The van der Waals surface area contributed by atoms with Crippen LogP contribution in [0.3, 0.4) is 0 Å². The van der Waals surface area contributed by atoms with Crippen LogP contribution >= 0.6 is 0 Å². The van der Waals surface area contributed by atoms with E-state index in [1.54, 1.807) is 6.07 Å². The van der Waals surface area contributed by atoms with E-state index in [4.69, 9.17) is 0 Å². The van der Waals surface area contributed by atoms with Gasteiger partial charge in [-0.2, -0.15) is 0 Å². The second-order valence-electron chi connectivity index (χ2n) is 6.38. The molecule has 2 rings (SSSR count). The third-order valence-electron chi connectivity index (χ3n) is 4.81. The second kappa shape index (κ2) is 7.32. The summed E-state index contributed by atoms with van der Waals surface area (Å²) in [5.41, 5.74) is 1.03. The Morgan fingerprint density at radius 3 is 2.57 bits per heavy atom. The van der Waals surface area contributed by atoms with Crippen LogP contribution in [-0.2, 0) is 0 Å². The largest absolute Gasteiger partial charge is 0.308 e. The van der Waals surface area contributed by atoms with Crippen molar-refractivity contribution in [3.63, 3.8) is 0 Å². The molecular formula is C17H28FN3. The van der Waals surface area contributed by atoms with Gasteiger partial charge in [0.2, 0.25) is 0 Å². The number of hydrogen-bond donors (Lipinski definition) is 1. The van der Waals surface area contributed by atoms with Crippen molar-refractivity contribution >= 4 is 0 Å². The van der Waals surface area contributed by atoms with Gasteiger partial charge >= 0.3 is 0 Å². The molecule has 1 heterocycles. The fourth-order valence-corrected chi connectivity index (χ4v) is 3.65. The lowest BCUT2D eigenvalue weighted by Crippen LogP contribution is -2.55. The van der Waals surface area contributed by atoms with Crippen LogP contribution < -0.4 is 5.32 Å². The number of nitrogens with one attached hydrogen (secondary N) is 1. The van der Waals surface area contributed by atoms with E-state index in [0.717, 1.165) is 31.4 Å². The van der Waals surface area contributed by atoms with Gasteiger partial charge in [-0.3, -0.25) is 4.98 Å². The summed E-state index contributed by atoms with van der Waals surface area (Å²) in [4.78, 5) is 6.40. The number of aromatic nitrogens is 1. The van der Waals surface area contributed by atoms with Crippen molar-refractivity contribution < 1.29 is 4.39 Å². The van der Waals surface area contributed by atoms with Crippen molar-refractivity contribution in [2.45, 2.75) is 57.0 Å². The highest BCUT2D eigenvalue weighted by molar-refractivity contribution is 5.21. The highest BCUT2D eigenvalue weighted by Gasteiger charge is 2.42. The molecular weight excluding hydrogens is 265 g/mol. The Labute approximate surface area is 127 Å². The van der Waals surface area contributed by atoms with Gasteiger partial charge in [-0.25, -0.2) is 4.39 Å². The van der Waals surface area contributed by atoms with E-state index in [1.165, 1.54) is 25.5 Å². The first-order valence-electron chi connectivity index (χ1n) is 8.11. The molecule has 0 radical (unpaired) electrons. The van der Waals surface area contributed by atoms with Crippen LogP contribution in [0.25, 0.3) is 0 Å². The Hall–Kier alpha value is -1.00. The molecule has 1 aromatic heterocycles. The zero-order chi connectivity index (χ0) is 15.3. The summed E-state index contributed by atoms with van der Waals surface area (Å²) < 4.78 is 13.6. The predicted octanol–water partition coefficient (Wildman–Crippen LogP) is 3.53. The molecule has 118 valence electrons. The summed E-state index contributed by atoms with van der Waals surface area (Å²) in [6.45, 7) is 3.11. The van der Waals surface area contributed by atoms with Crippen LogP contribution in [0, 0.1) is 5.82 Å². The Bertz CT molecular complexity index is 441. The molecule has 0 spiro atoms. The maximum absolute atomic E-state index is 13.6. The highest BCUT2D eigenvalue weighted by Crippen LogP contribution is 2.41. The summed E-state index contributed by atoms with van der Waals surface area (Å²) in [6.07, 6.45) is 10.3. The van der Waals surface area contributed by atoms with E-state index in [2.05, 4.69) is 36.2 Å². The Morgan fingerprint density at radius 2 is 2.00 bits per heavy atom. The first-order chi connectivity index (χ1) is 10.1. The van der Waals surface area contributed by atoms with Gasteiger partial charge in [-0.15, -0.1) is 0 Å². The molecule has 21 heavy (non-hydrogen) atoms. The molecule has 3 nitrogen and oxygen atoms in total. The zero-order valence-corrected chi connectivity index (χ0v) is 13.5. The van der Waals surface area contributed by atoms with E-state index < -0.39 is 0 Å². The molecule has 1 atom stereocenters. The van der Waals surface area contributed by atoms with Crippen molar-refractivity contribution in [1.82, 2.24) is 15.2 Å². The molecule has 0 saturated heterocycles. The first kappa shape index (κ1) is 16.4. The van der Waals surface area contributed by atoms with Crippen LogP contribution in [-0.4, -0.2) is 36.1 Å². The molecule has 0 bridgehead atoms. The summed E-state index contributed by atoms with van der Waals surface area (Å²) >= 11 is 0. The van der Waals surface area contributed by atoms with Gasteiger partial charge < -0.3 is 10.2 Å². The maximum atomic E-state index is 13.6. The van der Waals surface area contributed by atoms with Gasteiger partial charge in [0, 0.05) is 11.7 Å². The third-order valence-corrected chi connectivity index (χ3v) is 4.81. The average Bonchev–Trinajstić information content (AvgIpc) is 2.48. The zero-order valence-electron chi connectivity index (χ0n) is 13.5. The highest BCUT2D eigenvalue weighted by atomic mass is 19.1. The standard InChI is InChI=1S/C17H28FN3/c1-4-10-20-16(14-11-15(18)13-19-12-14)17(21(2)3)8-6-5-7-9-17/h11-13,16,20H,4-10H2,1-3H3. The third kappa shape index (κ3) is 3.61. The topological polar surface area (TPSA) is 28.2 Å². The van der Waals surface area contributed by atoms with E-state index >= 15 is 0 Å². The van der Waals surface area contributed by atoms with Crippen molar-refractivity contribution in [2.24, 2.45) is 0 Å². The van der Waals surface area contributed by atoms with Gasteiger partial charge in [-0.05, 0) is 51.5 Å². The van der Waals surface area contributed by atoms with Crippen molar-refractivity contribution in [2.75, 3.05) is 20.6 Å². The molecule has 1 aliphatic rings. The van der Waals surface area contributed by atoms with E-state index in [1.807, 2.05) is 6.20 Å². The SMILES string of the molecule is CCCNC(c1cncc(F)c1)C1(N(C)C)CCCCC1. The first-order valence-corrected chi connectivity index (χ1v) is 8.11. The molecule has 0 amide bonds. The van der Waals surface area contributed by atoms with Gasteiger partial charge in [-0.1, -0.05) is 26.2 Å². The summed E-state index contributed by atoms with van der Waals surface area (Å²) in [6, 6.07) is 1.77. The number of hydrogen-bond acceptors (Lipinski definition) is 3. The van der Waals surface area contributed by atoms with Crippen LogP contribution in [0.1, 0.15) is 57.1 Å². The second-order valence-corrected chi connectivity index (χ2v) is 6.38. The molecule has 1 aromatic rings. The summed E-state index contributed by atoms with van der Waals surface area (Å²) in [7, 11) is 4.30. The summed E-state index contributed by atoms with van der Waals surface area (Å²) in [5.74, 6) is -0.250. The quantitative estimate of drug-likeness (QED) is 0.869. The average molecular weight is 293 g/mol. The molecule has 0 aromatic carbocycles. The van der Waals surface area contributed by atoms with Gasteiger partial charge in [0.15, 0.2) is 0 Å². The summed E-state index contributed by atoms with van der Waals surface area (Å²) in [5, 5.41) is 3.66. The Kier molecular flexibility index (Phi) is 5.71. The lowest BCUT2D eigenvalue weighted by atomic mass is 9.73. The predicted molar refractivity (Wildman–Crippen MR) is 84.7 cm³/mol. The van der Waals surface area contributed by atoms with Crippen LogP contribution in [0.2, 0.25) is 0 Å². The fraction of sp³-hybridized carbons (Fsp3) is 0.706. The molecule has 1 saturated carbocycles. The number of pyridine rings is 1. The van der Waals surface area contributed by atoms with Crippen molar-refractivity contribution in [3.8, 4) is 0 Å².